The van der Waals surface area contributed by atoms with Crippen molar-refractivity contribution in [1.82, 2.24) is 15.3 Å². The van der Waals surface area contributed by atoms with E-state index in [2.05, 4.69) is 20.6 Å². The first kappa shape index (κ1) is 20.9. The number of halogens is 1. The van der Waals surface area contributed by atoms with Crippen LogP contribution < -0.4 is 15.5 Å². The van der Waals surface area contributed by atoms with Crippen molar-refractivity contribution in [2.24, 2.45) is 0 Å². The molecular weight excluding hydrogens is 399 g/mol. The predicted molar refractivity (Wildman–Crippen MR) is 104 cm³/mol. The molecule has 0 spiro atoms. The van der Waals surface area contributed by atoms with Gasteiger partial charge in [0.15, 0.2) is 6.20 Å². The van der Waals surface area contributed by atoms with Gasteiger partial charge in [-0.1, -0.05) is 0 Å². The summed E-state index contributed by atoms with van der Waals surface area (Å²) in [6.45, 7) is 2.08. The van der Waals surface area contributed by atoms with Crippen molar-refractivity contribution in [3.05, 3.63) is 52.2 Å². The number of amides is 2. The Labute approximate surface area is 170 Å². The first-order chi connectivity index (χ1) is 14.3. The lowest BCUT2D eigenvalue weighted by Crippen LogP contribution is -2.33. The molecule has 1 saturated heterocycles. The zero-order chi connectivity index (χ0) is 21.7. The molecule has 3 rings (SSSR count). The summed E-state index contributed by atoms with van der Waals surface area (Å²) in [6.07, 6.45) is 1.64. The molecular formula is C18H19FN6O5. The van der Waals surface area contributed by atoms with E-state index in [1.54, 1.807) is 6.07 Å². The Balaban J connectivity index is 1.55. The van der Waals surface area contributed by atoms with Crippen LogP contribution in [0.1, 0.15) is 12.6 Å². The zero-order valence-corrected chi connectivity index (χ0v) is 16.0. The molecule has 0 bridgehead atoms. The molecule has 11 nitrogen and oxygen atoms in total. The fourth-order valence-corrected chi connectivity index (χ4v) is 2.81. The van der Waals surface area contributed by atoms with Gasteiger partial charge in [0, 0.05) is 19.9 Å². The number of hydrogen-bond donors (Lipinski definition) is 2. The number of rotatable bonds is 8. The minimum Gasteiger partial charge on any atom is -0.442 e. The van der Waals surface area contributed by atoms with Gasteiger partial charge in [0.25, 0.3) is 0 Å². The molecule has 1 aliphatic heterocycles. The van der Waals surface area contributed by atoms with Gasteiger partial charge in [-0.25, -0.2) is 14.2 Å². The molecule has 1 aromatic carbocycles. The Morgan fingerprint density at radius 1 is 1.40 bits per heavy atom. The standard InChI is InChI=1S/C18H19FN6O5/c1-11(26)21-8-14-10-24(18(27)30-14)13-2-3-16(15(19)6-13)20-5-4-12-7-23-17(9-22-12)25(28)29/h2-3,6-7,9,14,20H,4-5,8,10H2,1H3,(H,21,26)/t14-/m0/s1. The summed E-state index contributed by atoms with van der Waals surface area (Å²) in [4.78, 5) is 41.8. The van der Waals surface area contributed by atoms with Gasteiger partial charge >= 0.3 is 11.9 Å². The number of benzene rings is 1. The number of anilines is 2. The minimum atomic E-state index is -0.635. The number of aromatic nitrogens is 2. The molecule has 0 radical (unpaired) electrons. The van der Waals surface area contributed by atoms with E-state index in [0.717, 1.165) is 6.20 Å². The second-order valence-corrected chi connectivity index (χ2v) is 6.52. The monoisotopic (exact) mass is 418 g/mol. The maximum absolute atomic E-state index is 14.4. The molecule has 1 atom stereocenters. The van der Waals surface area contributed by atoms with Gasteiger partial charge < -0.3 is 25.5 Å². The van der Waals surface area contributed by atoms with E-state index in [1.165, 1.54) is 30.2 Å². The van der Waals surface area contributed by atoms with Crippen LogP contribution in [0.4, 0.5) is 26.4 Å². The largest absolute Gasteiger partial charge is 0.442 e. The molecule has 1 aromatic heterocycles. The summed E-state index contributed by atoms with van der Waals surface area (Å²) >= 11 is 0. The van der Waals surface area contributed by atoms with Crippen LogP contribution in [0.15, 0.2) is 30.6 Å². The molecule has 12 heteroatoms. The molecule has 2 N–H and O–H groups in total. The molecule has 2 aromatic rings. The fraction of sp³-hybridized carbons (Fsp3) is 0.333. The molecule has 30 heavy (non-hydrogen) atoms. The van der Waals surface area contributed by atoms with Crippen molar-refractivity contribution < 1.29 is 23.6 Å². The second kappa shape index (κ2) is 9.11. The lowest BCUT2D eigenvalue weighted by molar-refractivity contribution is -0.389. The van der Waals surface area contributed by atoms with Crippen LogP contribution in [-0.4, -0.2) is 52.6 Å². The highest BCUT2D eigenvalue weighted by atomic mass is 19.1. The molecule has 158 valence electrons. The number of hydrogen-bond acceptors (Lipinski definition) is 8. The molecule has 0 unspecified atom stereocenters. The van der Waals surface area contributed by atoms with Gasteiger partial charge in [-0.15, -0.1) is 0 Å². The number of cyclic esters (lactones) is 1. The van der Waals surface area contributed by atoms with Crippen molar-refractivity contribution in [3.8, 4) is 0 Å². The summed E-state index contributed by atoms with van der Waals surface area (Å²) in [7, 11) is 0. The van der Waals surface area contributed by atoms with Gasteiger partial charge in [-0.3, -0.25) is 9.69 Å². The Kier molecular flexibility index (Phi) is 6.35. The highest BCUT2D eigenvalue weighted by Gasteiger charge is 2.32. The van der Waals surface area contributed by atoms with Crippen LogP contribution in [0.5, 0.6) is 0 Å². The molecule has 2 amide bonds. The lowest BCUT2D eigenvalue weighted by atomic mass is 10.2. The fourth-order valence-electron chi connectivity index (χ4n) is 2.81. The molecule has 2 heterocycles. The third-order valence-electron chi connectivity index (χ3n) is 4.29. The van der Waals surface area contributed by atoms with Gasteiger partial charge in [0.05, 0.1) is 30.2 Å². The summed E-state index contributed by atoms with van der Waals surface area (Å²) in [5, 5.41) is 16.1. The van der Waals surface area contributed by atoms with Gasteiger partial charge in [-0.2, -0.15) is 0 Å². The first-order valence-corrected chi connectivity index (χ1v) is 9.05. The van der Waals surface area contributed by atoms with Crippen LogP contribution in [0.3, 0.4) is 0 Å². The molecule has 1 aliphatic rings. The average molecular weight is 418 g/mol. The van der Waals surface area contributed by atoms with E-state index in [0.29, 0.717) is 24.3 Å². The van der Waals surface area contributed by atoms with E-state index in [-0.39, 0.29) is 30.5 Å². The summed E-state index contributed by atoms with van der Waals surface area (Å²) < 4.78 is 19.6. The Hall–Kier alpha value is -3.83. The van der Waals surface area contributed by atoms with Gasteiger partial charge in [-0.05, 0) is 28.1 Å². The van der Waals surface area contributed by atoms with Crippen LogP contribution >= 0.6 is 0 Å². The van der Waals surface area contributed by atoms with Crippen molar-refractivity contribution in [3.63, 3.8) is 0 Å². The van der Waals surface area contributed by atoms with E-state index in [9.17, 15) is 24.1 Å². The molecule has 0 saturated carbocycles. The van der Waals surface area contributed by atoms with E-state index in [4.69, 9.17) is 4.74 Å². The SMILES string of the molecule is CC(=O)NC[C@H]1CN(c2ccc(NCCc3cnc([N+](=O)[O-])cn3)c(F)c2)C(=O)O1. The Morgan fingerprint density at radius 2 is 2.20 bits per heavy atom. The van der Waals surface area contributed by atoms with E-state index >= 15 is 0 Å². The normalized spacial score (nSPS) is 15.6. The topological polar surface area (TPSA) is 140 Å². The summed E-state index contributed by atoms with van der Waals surface area (Å²) in [5.74, 6) is -1.13. The number of nitrogens with zero attached hydrogens (tertiary/aromatic N) is 4. The minimum absolute atomic E-state index is 0.186. The number of carbonyl (C=O) groups excluding carboxylic acids is 2. The van der Waals surface area contributed by atoms with Crippen molar-refractivity contribution >= 4 is 29.2 Å². The summed E-state index contributed by atoms with van der Waals surface area (Å²) in [6, 6.07) is 4.30. The zero-order valence-electron chi connectivity index (χ0n) is 16.0. The first-order valence-electron chi connectivity index (χ1n) is 9.05. The molecule has 1 fully saturated rings. The smallest absolute Gasteiger partial charge is 0.414 e. The Bertz CT molecular complexity index is 955. The number of carbonyl (C=O) groups is 2. The highest BCUT2D eigenvalue weighted by molar-refractivity contribution is 5.90. The lowest BCUT2D eigenvalue weighted by Gasteiger charge is -2.15. The van der Waals surface area contributed by atoms with E-state index < -0.39 is 22.9 Å². The average Bonchev–Trinajstić information content (AvgIpc) is 3.08. The third kappa shape index (κ3) is 5.16. The van der Waals surface area contributed by atoms with E-state index in [1.807, 2.05) is 0 Å². The van der Waals surface area contributed by atoms with Crippen LogP contribution in [0.25, 0.3) is 0 Å². The molecule has 0 aliphatic carbocycles. The highest BCUT2D eigenvalue weighted by Crippen LogP contribution is 2.26. The predicted octanol–water partition coefficient (Wildman–Crippen LogP) is 1.64. The van der Waals surface area contributed by atoms with Crippen LogP contribution in [-0.2, 0) is 16.0 Å². The number of ether oxygens (including phenoxy) is 1. The van der Waals surface area contributed by atoms with Crippen LogP contribution in [0.2, 0.25) is 0 Å². The van der Waals surface area contributed by atoms with Crippen LogP contribution in [0, 0.1) is 15.9 Å². The maximum atomic E-state index is 14.4. The maximum Gasteiger partial charge on any atom is 0.414 e. The number of nitro groups is 1. The number of nitrogens with one attached hydrogen (secondary N) is 2. The third-order valence-corrected chi connectivity index (χ3v) is 4.29. The van der Waals surface area contributed by atoms with Crippen molar-refractivity contribution in [1.29, 1.82) is 0 Å². The van der Waals surface area contributed by atoms with Gasteiger partial charge in [0.2, 0.25) is 5.91 Å². The Morgan fingerprint density at radius 3 is 2.83 bits per heavy atom. The van der Waals surface area contributed by atoms with Crippen molar-refractivity contribution in [2.45, 2.75) is 19.4 Å². The van der Waals surface area contributed by atoms with Crippen molar-refractivity contribution in [2.75, 3.05) is 29.9 Å². The summed E-state index contributed by atoms with van der Waals surface area (Å²) in [5.41, 5.74) is 1.10. The second-order valence-electron chi connectivity index (χ2n) is 6.52. The van der Waals surface area contributed by atoms with Gasteiger partial charge in [0.1, 0.15) is 18.1 Å². The quantitative estimate of drug-likeness (QED) is 0.487.